The zero-order valence-corrected chi connectivity index (χ0v) is 18.0. The summed E-state index contributed by atoms with van der Waals surface area (Å²) in [7, 11) is 0. The minimum atomic E-state index is -0.370. The van der Waals surface area contributed by atoms with E-state index in [2.05, 4.69) is 10.3 Å². The van der Waals surface area contributed by atoms with Crippen LogP contribution in [0.5, 0.6) is 0 Å². The number of hydrogen-bond donors (Lipinski definition) is 1. The number of benzene rings is 3. The van der Waals surface area contributed by atoms with Crippen molar-refractivity contribution in [2.45, 2.75) is 6.54 Å². The molecular formula is C26H20N4OS. The molecule has 0 atom stereocenters. The smallest absolute Gasteiger partial charge is 0.355 e. The molecule has 0 unspecified atom stereocenters. The van der Waals surface area contributed by atoms with Crippen LogP contribution >= 0.6 is 11.3 Å². The van der Waals surface area contributed by atoms with Gasteiger partial charge in [0.05, 0.1) is 4.88 Å². The Hall–Kier alpha value is -4.03. The molecule has 2 heterocycles. The lowest BCUT2D eigenvalue weighted by atomic mass is 10.2. The third-order valence-electron chi connectivity index (χ3n) is 5.01. The van der Waals surface area contributed by atoms with Gasteiger partial charge >= 0.3 is 5.69 Å². The molecule has 0 saturated heterocycles. The van der Waals surface area contributed by atoms with Crippen molar-refractivity contribution >= 4 is 17.2 Å². The summed E-state index contributed by atoms with van der Waals surface area (Å²) >= 11 is 1.57. The van der Waals surface area contributed by atoms with Gasteiger partial charge in [0.2, 0.25) is 0 Å². The largest absolute Gasteiger partial charge is 0.366 e. The second-order valence-corrected chi connectivity index (χ2v) is 8.21. The van der Waals surface area contributed by atoms with Crippen molar-refractivity contribution in [1.29, 1.82) is 0 Å². The fourth-order valence-corrected chi connectivity index (χ4v) is 4.48. The van der Waals surface area contributed by atoms with Crippen molar-refractivity contribution in [2.75, 3.05) is 5.32 Å². The average molecular weight is 437 g/mol. The minimum absolute atomic E-state index is 0.370. The number of nitrogens with zero attached hydrogens (tertiary/aromatic N) is 3. The second-order valence-electron chi connectivity index (χ2n) is 7.21. The summed E-state index contributed by atoms with van der Waals surface area (Å²) in [5.41, 5.74) is 2.78. The number of rotatable bonds is 6. The molecule has 0 aliphatic rings. The highest BCUT2D eigenvalue weighted by molar-refractivity contribution is 7.18. The highest BCUT2D eigenvalue weighted by Gasteiger charge is 2.17. The van der Waals surface area contributed by atoms with E-state index in [1.165, 1.54) is 4.57 Å². The standard InChI is InChI=1S/C26H20N4OS/c31-26-28-22(27-18-19-10-4-1-5-11-19)16-17-30(26)24-23(20-12-6-2-7-13-20)32-25(29-24)21-14-8-3-9-15-21/h1-17H,18H2,(H,27,28,31). The summed E-state index contributed by atoms with van der Waals surface area (Å²) in [5.74, 6) is 1.13. The lowest BCUT2D eigenvalue weighted by Gasteiger charge is -2.08. The number of aromatic nitrogens is 3. The predicted molar refractivity (Wildman–Crippen MR) is 130 cm³/mol. The van der Waals surface area contributed by atoms with Gasteiger partial charge in [0.25, 0.3) is 0 Å². The second kappa shape index (κ2) is 8.99. The van der Waals surface area contributed by atoms with Gasteiger partial charge in [-0.25, -0.2) is 9.78 Å². The van der Waals surface area contributed by atoms with Gasteiger partial charge in [-0.05, 0) is 17.2 Å². The maximum atomic E-state index is 13.0. The van der Waals surface area contributed by atoms with Crippen LogP contribution in [0, 0.1) is 0 Å². The molecule has 0 aliphatic carbocycles. The topological polar surface area (TPSA) is 59.8 Å². The first kappa shape index (κ1) is 19.9. The molecule has 32 heavy (non-hydrogen) atoms. The van der Waals surface area contributed by atoms with Crippen LogP contribution in [0.1, 0.15) is 5.56 Å². The lowest BCUT2D eigenvalue weighted by molar-refractivity contribution is 0.889. The van der Waals surface area contributed by atoms with E-state index in [4.69, 9.17) is 4.98 Å². The average Bonchev–Trinajstić information content (AvgIpc) is 3.30. The Morgan fingerprint density at radius 1 is 0.750 bits per heavy atom. The lowest BCUT2D eigenvalue weighted by Crippen LogP contribution is -2.22. The molecule has 0 fully saturated rings. The zero-order chi connectivity index (χ0) is 21.8. The Morgan fingerprint density at radius 2 is 1.38 bits per heavy atom. The summed E-state index contributed by atoms with van der Waals surface area (Å²) in [6, 6.07) is 31.8. The van der Waals surface area contributed by atoms with Gasteiger partial charge in [0, 0.05) is 18.3 Å². The molecule has 5 aromatic rings. The van der Waals surface area contributed by atoms with Gasteiger partial charge in [0.1, 0.15) is 10.8 Å². The predicted octanol–water partition coefficient (Wildman–Crippen LogP) is 5.64. The van der Waals surface area contributed by atoms with Gasteiger partial charge in [-0.2, -0.15) is 4.98 Å². The van der Waals surface area contributed by atoms with Crippen molar-refractivity contribution in [3.63, 3.8) is 0 Å². The van der Waals surface area contributed by atoms with Crippen molar-refractivity contribution < 1.29 is 0 Å². The molecule has 0 bridgehead atoms. The Labute approximate surface area is 189 Å². The molecule has 5 nitrogen and oxygen atoms in total. The van der Waals surface area contributed by atoms with E-state index in [1.807, 2.05) is 91.0 Å². The maximum absolute atomic E-state index is 13.0. The van der Waals surface area contributed by atoms with Gasteiger partial charge in [-0.1, -0.05) is 91.0 Å². The third-order valence-corrected chi connectivity index (χ3v) is 6.16. The molecule has 0 amide bonds. The van der Waals surface area contributed by atoms with Crippen LogP contribution in [0.3, 0.4) is 0 Å². The van der Waals surface area contributed by atoms with E-state index >= 15 is 0 Å². The highest BCUT2D eigenvalue weighted by atomic mass is 32.1. The Kier molecular flexibility index (Phi) is 5.59. The van der Waals surface area contributed by atoms with E-state index in [0.29, 0.717) is 18.2 Å². The summed E-state index contributed by atoms with van der Waals surface area (Å²) < 4.78 is 1.51. The van der Waals surface area contributed by atoms with Gasteiger partial charge < -0.3 is 5.32 Å². The molecule has 6 heteroatoms. The maximum Gasteiger partial charge on any atom is 0.355 e. The molecule has 1 N–H and O–H groups in total. The summed E-state index contributed by atoms with van der Waals surface area (Å²) in [6.07, 6.45) is 1.74. The first-order valence-electron chi connectivity index (χ1n) is 10.3. The highest BCUT2D eigenvalue weighted by Crippen LogP contribution is 2.36. The molecule has 2 aromatic heterocycles. The van der Waals surface area contributed by atoms with Crippen LogP contribution < -0.4 is 11.0 Å². The van der Waals surface area contributed by atoms with E-state index in [-0.39, 0.29) is 5.69 Å². The molecular weight excluding hydrogens is 416 g/mol. The van der Waals surface area contributed by atoms with Crippen molar-refractivity contribution in [3.8, 4) is 26.8 Å². The summed E-state index contributed by atoms with van der Waals surface area (Å²) in [5, 5.41) is 4.07. The minimum Gasteiger partial charge on any atom is -0.366 e. The molecule has 0 spiro atoms. The van der Waals surface area contributed by atoms with Crippen LogP contribution in [0.2, 0.25) is 0 Å². The molecule has 0 radical (unpaired) electrons. The molecule has 0 aliphatic heterocycles. The summed E-state index contributed by atoms with van der Waals surface area (Å²) in [6.45, 7) is 0.599. The Morgan fingerprint density at radius 3 is 2.03 bits per heavy atom. The SMILES string of the molecule is O=c1nc(NCc2ccccc2)ccn1-c1nc(-c2ccccc2)sc1-c1ccccc1. The number of hydrogen-bond acceptors (Lipinski definition) is 5. The normalized spacial score (nSPS) is 10.8. The number of nitrogens with one attached hydrogen (secondary N) is 1. The molecule has 156 valence electrons. The van der Waals surface area contributed by atoms with Crippen LogP contribution in [0.15, 0.2) is 108 Å². The zero-order valence-electron chi connectivity index (χ0n) is 17.2. The van der Waals surface area contributed by atoms with E-state index < -0.39 is 0 Å². The fourth-order valence-electron chi connectivity index (χ4n) is 3.41. The van der Waals surface area contributed by atoms with Crippen LogP contribution in [0.4, 0.5) is 5.82 Å². The first-order chi connectivity index (χ1) is 15.8. The Balaban J connectivity index is 1.52. The van der Waals surface area contributed by atoms with Gasteiger partial charge in [-0.15, -0.1) is 11.3 Å². The van der Waals surface area contributed by atoms with Crippen molar-refractivity contribution in [3.05, 3.63) is 119 Å². The fraction of sp³-hybridized carbons (Fsp3) is 0.0385. The van der Waals surface area contributed by atoms with Gasteiger partial charge in [-0.3, -0.25) is 4.57 Å². The molecule has 0 saturated carbocycles. The van der Waals surface area contributed by atoms with Crippen molar-refractivity contribution in [2.24, 2.45) is 0 Å². The summed E-state index contributed by atoms with van der Waals surface area (Å²) in [4.78, 5) is 23.0. The van der Waals surface area contributed by atoms with Crippen LogP contribution in [-0.4, -0.2) is 14.5 Å². The van der Waals surface area contributed by atoms with Gasteiger partial charge in [0.15, 0.2) is 5.82 Å². The number of thiazole rings is 1. The van der Waals surface area contributed by atoms with E-state index in [1.54, 1.807) is 23.6 Å². The van der Waals surface area contributed by atoms with E-state index in [9.17, 15) is 4.79 Å². The quantitative estimate of drug-likeness (QED) is 0.374. The molecule has 5 rings (SSSR count). The van der Waals surface area contributed by atoms with Crippen LogP contribution in [-0.2, 0) is 6.54 Å². The Bertz CT molecular complexity index is 1380. The molecule has 3 aromatic carbocycles. The monoisotopic (exact) mass is 436 g/mol. The van der Waals surface area contributed by atoms with Crippen molar-refractivity contribution in [1.82, 2.24) is 14.5 Å². The van der Waals surface area contributed by atoms with Crippen LogP contribution in [0.25, 0.3) is 26.8 Å². The van der Waals surface area contributed by atoms with E-state index in [0.717, 1.165) is 26.6 Å². The third kappa shape index (κ3) is 4.22. The first-order valence-corrected chi connectivity index (χ1v) is 11.1. The number of anilines is 1.